The fourth-order valence-corrected chi connectivity index (χ4v) is 6.58. The highest BCUT2D eigenvalue weighted by Crippen LogP contribution is 2.37. The summed E-state index contributed by atoms with van der Waals surface area (Å²) < 4.78 is 5.83. The van der Waals surface area contributed by atoms with Crippen LogP contribution in [-0.4, -0.2) is 82.2 Å². The molecule has 6 rings (SSSR count). The number of piperidine rings is 1. The lowest BCUT2D eigenvalue weighted by atomic mass is 10.00. The number of hydrogen-bond donors (Lipinski definition) is 3. The van der Waals surface area contributed by atoms with Gasteiger partial charge in [0.15, 0.2) is 0 Å². The maximum Gasteiger partial charge on any atom is 0.259 e. The first kappa shape index (κ1) is 30.7. The van der Waals surface area contributed by atoms with E-state index >= 15 is 0 Å². The molecule has 3 aliphatic heterocycles. The summed E-state index contributed by atoms with van der Waals surface area (Å²) in [6.45, 7) is 9.05. The number of amides is 1. The van der Waals surface area contributed by atoms with Crippen molar-refractivity contribution in [2.24, 2.45) is 4.99 Å². The minimum Gasteiger partial charge on any atom is -0.491 e. The van der Waals surface area contributed by atoms with E-state index in [1.54, 1.807) is 19.2 Å². The number of pyridine rings is 1. The van der Waals surface area contributed by atoms with Gasteiger partial charge in [-0.25, -0.2) is 0 Å². The van der Waals surface area contributed by atoms with E-state index in [9.17, 15) is 19.5 Å². The molecule has 3 N–H and O–H groups in total. The molecule has 1 atom stereocenters. The molecule has 10 heteroatoms. The monoisotopic (exact) mass is 611 g/mol. The van der Waals surface area contributed by atoms with Crippen molar-refractivity contribution in [3.05, 3.63) is 86.3 Å². The lowest BCUT2D eigenvalue weighted by molar-refractivity contribution is -0.117. The van der Waals surface area contributed by atoms with Crippen LogP contribution < -0.4 is 15.6 Å². The lowest BCUT2D eigenvalue weighted by Crippen LogP contribution is -2.45. The minimum absolute atomic E-state index is 0.0559. The van der Waals surface area contributed by atoms with Crippen LogP contribution in [-0.2, 0) is 17.8 Å². The molecule has 2 aromatic carbocycles. The van der Waals surface area contributed by atoms with Crippen molar-refractivity contribution in [1.29, 1.82) is 0 Å². The standard InChI is InChI=1S/C35H41N5O5/c1-21-4-5-32(22(2)14-21)45-20-27(42)18-37-29-6-10-36-34(43)33(29)31-16-24-15-28-25(17-30(24)38-31)19-40(35(28)44)26-8-12-39(13-9-26)11-7-23(3)41/h4-6,10,14-15,17,26-27,42H,7-9,11-13,16,18-20H2,1-3H3,(H2,36,37,43). The number of nitrogens with zero attached hydrogens (tertiary/aromatic N) is 3. The second kappa shape index (κ2) is 13.0. The molecule has 1 aromatic heterocycles. The molecule has 3 aliphatic rings. The number of Topliss-reactive ketones (excluding diaryl/α,β-unsaturated/α-hetero) is 1. The number of H-pyrrole nitrogens is 1. The van der Waals surface area contributed by atoms with E-state index in [0.29, 0.717) is 36.3 Å². The number of aryl methyl sites for hydroxylation is 2. The Morgan fingerprint density at radius 1 is 1.13 bits per heavy atom. The second-order valence-electron chi connectivity index (χ2n) is 12.5. The van der Waals surface area contributed by atoms with Crippen molar-refractivity contribution in [2.75, 3.05) is 38.1 Å². The van der Waals surface area contributed by atoms with Gasteiger partial charge in [0.2, 0.25) is 0 Å². The zero-order valence-electron chi connectivity index (χ0n) is 26.2. The average molecular weight is 612 g/mol. The van der Waals surface area contributed by atoms with Crippen LogP contribution in [0, 0.1) is 13.8 Å². The number of aromatic amines is 1. The molecule has 1 fully saturated rings. The van der Waals surface area contributed by atoms with E-state index in [-0.39, 0.29) is 36.4 Å². The SMILES string of the molecule is CC(=O)CCN1CCC(N2Cc3cc4c(cc3C2=O)CC(c2c(NCC(O)COc3ccc(C)cc3C)cc[nH]c2=O)=N4)CC1. The number of likely N-dealkylation sites (tertiary alicyclic amines) is 1. The van der Waals surface area contributed by atoms with Gasteiger partial charge in [0.25, 0.3) is 11.5 Å². The summed E-state index contributed by atoms with van der Waals surface area (Å²) in [4.78, 5) is 49.8. The third kappa shape index (κ3) is 6.72. The molecular weight excluding hydrogens is 570 g/mol. The van der Waals surface area contributed by atoms with Gasteiger partial charge >= 0.3 is 0 Å². The van der Waals surface area contributed by atoms with Crippen LogP contribution in [0.4, 0.5) is 11.4 Å². The van der Waals surface area contributed by atoms with E-state index in [0.717, 1.165) is 71.7 Å². The number of nitrogens with one attached hydrogen (secondary N) is 2. The van der Waals surface area contributed by atoms with Crippen LogP contribution in [0.5, 0.6) is 5.75 Å². The highest BCUT2D eigenvalue weighted by Gasteiger charge is 2.36. The zero-order chi connectivity index (χ0) is 31.7. The molecule has 45 heavy (non-hydrogen) atoms. The first-order chi connectivity index (χ1) is 21.7. The third-order valence-electron chi connectivity index (χ3n) is 9.07. The number of fused-ring (bicyclic) bond motifs is 2. The largest absolute Gasteiger partial charge is 0.491 e. The van der Waals surface area contributed by atoms with Gasteiger partial charge in [0.1, 0.15) is 24.2 Å². The van der Waals surface area contributed by atoms with Gasteiger partial charge in [0, 0.05) is 63.4 Å². The Hall–Kier alpha value is -4.28. The number of aliphatic hydroxyl groups excluding tert-OH is 1. The molecule has 1 amide bonds. The van der Waals surface area contributed by atoms with Crippen LogP contribution in [0.3, 0.4) is 0 Å². The van der Waals surface area contributed by atoms with Crippen LogP contribution in [0.15, 0.2) is 52.4 Å². The van der Waals surface area contributed by atoms with Crippen molar-refractivity contribution >= 4 is 28.8 Å². The molecule has 10 nitrogen and oxygen atoms in total. The normalized spacial score (nSPS) is 17.2. The van der Waals surface area contributed by atoms with Gasteiger partial charge in [-0.15, -0.1) is 0 Å². The van der Waals surface area contributed by atoms with E-state index in [4.69, 9.17) is 9.73 Å². The van der Waals surface area contributed by atoms with Crippen molar-refractivity contribution in [1.82, 2.24) is 14.8 Å². The van der Waals surface area contributed by atoms with Crippen LogP contribution in [0.25, 0.3) is 0 Å². The number of anilines is 1. The molecule has 0 spiro atoms. The van der Waals surface area contributed by atoms with E-state index in [2.05, 4.69) is 15.2 Å². The Balaban J connectivity index is 1.10. The second-order valence-corrected chi connectivity index (χ2v) is 12.5. The molecule has 236 valence electrons. The van der Waals surface area contributed by atoms with Crippen LogP contribution in [0.1, 0.15) is 64.4 Å². The van der Waals surface area contributed by atoms with Gasteiger partial charge in [0.05, 0.1) is 22.6 Å². The highest BCUT2D eigenvalue weighted by atomic mass is 16.5. The fourth-order valence-electron chi connectivity index (χ4n) is 6.58. The summed E-state index contributed by atoms with van der Waals surface area (Å²) in [6.07, 6.45) is 3.59. The summed E-state index contributed by atoms with van der Waals surface area (Å²) in [5.41, 5.74) is 6.93. The summed E-state index contributed by atoms with van der Waals surface area (Å²) in [5, 5.41) is 13.8. The van der Waals surface area contributed by atoms with E-state index < -0.39 is 6.10 Å². The maximum absolute atomic E-state index is 13.5. The molecule has 0 aliphatic carbocycles. The predicted octanol–water partition coefficient (Wildman–Crippen LogP) is 3.92. The maximum atomic E-state index is 13.5. The number of aromatic nitrogens is 1. The van der Waals surface area contributed by atoms with Gasteiger partial charge in [-0.1, -0.05) is 17.7 Å². The number of ketones is 1. The number of ether oxygens (including phenoxy) is 1. The molecule has 3 aromatic rings. The lowest BCUT2D eigenvalue weighted by Gasteiger charge is -2.36. The van der Waals surface area contributed by atoms with Crippen LogP contribution >= 0.6 is 0 Å². The number of carbonyl (C=O) groups excluding carboxylic acids is 2. The van der Waals surface area contributed by atoms with Gasteiger partial charge in [-0.3, -0.25) is 19.4 Å². The third-order valence-corrected chi connectivity index (χ3v) is 9.07. The van der Waals surface area contributed by atoms with Crippen LogP contribution in [0.2, 0.25) is 0 Å². The van der Waals surface area contributed by atoms with Crippen molar-refractivity contribution in [2.45, 2.75) is 65.1 Å². The zero-order valence-corrected chi connectivity index (χ0v) is 26.2. The van der Waals surface area contributed by atoms with Crippen molar-refractivity contribution in [3.8, 4) is 5.75 Å². The average Bonchev–Trinajstić information content (AvgIpc) is 3.57. The summed E-state index contributed by atoms with van der Waals surface area (Å²) in [5.74, 6) is 0.994. The Morgan fingerprint density at radius 2 is 1.93 bits per heavy atom. The van der Waals surface area contributed by atoms with Crippen molar-refractivity contribution in [3.63, 3.8) is 0 Å². The summed E-state index contributed by atoms with van der Waals surface area (Å²) in [6, 6.07) is 11.8. The fraction of sp³-hybridized carbons (Fsp3) is 0.429. The molecule has 1 saturated heterocycles. The van der Waals surface area contributed by atoms with Gasteiger partial charge in [-0.05, 0) is 74.6 Å². The summed E-state index contributed by atoms with van der Waals surface area (Å²) in [7, 11) is 0. The summed E-state index contributed by atoms with van der Waals surface area (Å²) >= 11 is 0. The Morgan fingerprint density at radius 3 is 2.69 bits per heavy atom. The minimum atomic E-state index is -0.801. The Bertz CT molecular complexity index is 1700. The molecule has 0 saturated carbocycles. The van der Waals surface area contributed by atoms with Gasteiger partial charge in [-0.2, -0.15) is 0 Å². The number of benzene rings is 2. The first-order valence-electron chi connectivity index (χ1n) is 15.8. The first-order valence-corrected chi connectivity index (χ1v) is 15.8. The Kier molecular flexibility index (Phi) is 8.87. The number of aliphatic hydroxyl groups is 1. The molecule has 0 bridgehead atoms. The predicted molar refractivity (Wildman–Crippen MR) is 174 cm³/mol. The topological polar surface area (TPSA) is 127 Å². The van der Waals surface area contributed by atoms with E-state index in [1.165, 1.54) is 0 Å². The number of carbonyl (C=O) groups is 2. The number of rotatable bonds is 11. The molecule has 4 heterocycles. The number of hydrogen-bond acceptors (Lipinski definition) is 8. The highest BCUT2D eigenvalue weighted by molar-refractivity contribution is 6.10. The quantitative estimate of drug-likeness (QED) is 0.300. The molecular formula is C35H41N5O5. The smallest absolute Gasteiger partial charge is 0.259 e. The van der Waals surface area contributed by atoms with E-state index in [1.807, 2.05) is 49.1 Å². The Labute approximate surface area is 263 Å². The molecule has 1 unspecified atom stereocenters. The van der Waals surface area contributed by atoms with Gasteiger partial charge < -0.3 is 29.9 Å². The molecule has 0 radical (unpaired) electrons. The number of aliphatic imine (C=N–C) groups is 1. The van der Waals surface area contributed by atoms with Crippen molar-refractivity contribution < 1.29 is 19.4 Å².